The minimum absolute atomic E-state index is 0.125. The molecular weight excluding hydrogens is 230 g/mol. The number of nitrogens with zero attached hydrogens (tertiary/aromatic N) is 1. The molecule has 1 rings (SSSR count). The van der Waals surface area contributed by atoms with Crippen molar-refractivity contribution in [2.45, 2.75) is 32.7 Å². The molecule has 0 saturated carbocycles. The van der Waals surface area contributed by atoms with Crippen molar-refractivity contribution in [3.05, 3.63) is 12.0 Å². The molecule has 0 aromatic carbocycles. The van der Waals surface area contributed by atoms with E-state index in [1.807, 2.05) is 11.9 Å². The number of carbonyl (C=O) groups is 1. The van der Waals surface area contributed by atoms with E-state index in [0.717, 1.165) is 19.4 Å². The Balaban J connectivity index is 2.82. The summed E-state index contributed by atoms with van der Waals surface area (Å²) in [5, 5.41) is 3.11. The molecule has 0 spiro atoms. The van der Waals surface area contributed by atoms with Crippen molar-refractivity contribution in [1.82, 2.24) is 10.2 Å². The highest BCUT2D eigenvalue weighted by Crippen LogP contribution is 2.30. The van der Waals surface area contributed by atoms with Crippen LogP contribution in [0.15, 0.2) is 12.0 Å². The minimum Gasteiger partial charge on any atom is -0.498 e. The average molecular weight is 255 g/mol. The van der Waals surface area contributed by atoms with Crippen LogP contribution in [0.3, 0.4) is 0 Å². The first-order valence-electron chi connectivity index (χ1n) is 6.34. The molecule has 1 unspecified atom stereocenters. The van der Waals surface area contributed by atoms with Crippen molar-refractivity contribution < 1.29 is 9.53 Å². The van der Waals surface area contributed by atoms with Crippen molar-refractivity contribution >= 4 is 5.91 Å². The second-order valence-electron chi connectivity index (χ2n) is 5.56. The van der Waals surface area contributed by atoms with Crippen LogP contribution in [0, 0.1) is 5.41 Å². The van der Waals surface area contributed by atoms with Gasteiger partial charge in [0.15, 0.2) is 0 Å². The zero-order valence-electron chi connectivity index (χ0n) is 11.8. The summed E-state index contributed by atoms with van der Waals surface area (Å²) in [5.74, 6) is 0.748. The SMILES string of the molecule is CNC1CC(C)(C)CCN(C/C(=C/N)OC)C1=O. The fourth-order valence-electron chi connectivity index (χ4n) is 2.27. The van der Waals surface area contributed by atoms with E-state index in [0.29, 0.717) is 12.3 Å². The molecule has 0 bridgehead atoms. The molecule has 0 aromatic heterocycles. The number of likely N-dealkylation sites (N-methyl/N-ethyl adjacent to an activating group) is 1. The lowest BCUT2D eigenvalue weighted by atomic mass is 9.83. The van der Waals surface area contributed by atoms with Crippen molar-refractivity contribution in [3.63, 3.8) is 0 Å². The monoisotopic (exact) mass is 255 g/mol. The largest absolute Gasteiger partial charge is 0.498 e. The highest BCUT2D eigenvalue weighted by Gasteiger charge is 2.34. The predicted octanol–water partition coefficient (Wildman–Crippen LogP) is 0.670. The molecule has 5 heteroatoms. The highest BCUT2D eigenvalue weighted by atomic mass is 16.5. The standard InChI is InChI=1S/C13H25N3O2/c1-13(2)5-6-16(9-10(8-14)18-4)12(17)11(7-13)15-3/h8,11,15H,5-7,9,14H2,1-4H3/b10-8-. The maximum atomic E-state index is 12.4. The molecule has 0 aliphatic carbocycles. The number of ether oxygens (including phenoxy) is 1. The predicted molar refractivity (Wildman–Crippen MR) is 71.7 cm³/mol. The fourth-order valence-corrected chi connectivity index (χ4v) is 2.27. The van der Waals surface area contributed by atoms with E-state index in [1.165, 1.54) is 6.20 Å². The van der Waals surface area contributed by atoms with E-state index in [9.17, 15) is 4.79 Å². The van der Waals surface area contributed by atoms with Crippen LogP contribution in [0.25, 0.3) is 0 Å². The third kappa shape index (κ3) is 3.63. The lowest BCUT2D eigenvalue weighted by Crippen LogP contribution is -2.45. The summed E-state index contributed by atoms with van der Waals surface area (Å²) < 4.78 is 5.13. The lowest BCUT2D eigenvalue weighted by molar-refractivity contribution is -0.132. The summed E-state index contributed by atoms with van der Waals surface area (Å²) in [7, 11) is 3.40. The fraction of sp³-hybridized carbons (Fsp3) is 0.769. The maximum Gasteiger partial charge on any atom is 0.240 e. The number of nitrogens with two attached hydrogens (primary N) is 1. The molecule has 1 aliphatic rings. The minimum atomic E-state index is -0.126. The van der Waals surface area contributed by atoms with E-state index in [4.69, 9.17) is 10.5 Å². The van der Waals surface area contributed by atoms with E-state index < -0.39 is 0 Å². The molecule has 104 valence electrons. The van der Waals surface area contributed by atoms with Crippen LogP contribution in [-0.2, 0) is 9.53 Å². The van der Waals surface area contributed by atoms with Gasteiger partial charge in [0.05, 0.1) is 19.7 Å². The van der Waals surface area contributed by atoms with Crippen molar-refractivity contribution in [2.24, 2.45) is 11.1 Å². The Morgan fingerprint density at radius 2 is 2.33 bits per heavy atom. The normalized spacial score (nSPS) is 24.9. The number of nitrogens with one attached hydrogen (secondary N) is 1. The van der Waals surface area contributed by atoms with Gasteiger partial charge in [-0.25, -0.2) is 0 Å². The number of hydrogen-bond donors (Lipinski definition) is 2. The molecule has 1 amide bonds. The van der Waals surface area contributed by atoms with Gasteiger partial charge < -0.3 is 20.7 Å². The van der Waals surface area contributed by atoms with Crippen LogP contribution < -0.4 is 11.1 Å². The molecule has 3 N–H and O–H groups in total. The van der Waals surface area contributed by atoms with Crippen LogP contribution in [0.1, 0.15) is 26.7 Å². The van der Waals surface area contributed by atoms with Gasteiger partial charge in [-0.15, -0.1) is 0 Å². The van der Waals surface area contributed by atoms with Crippen LogP contribution in [0.5, 0.6) is 0 Å². The highest BCUT2D eigenvalue weighted by molar-refractivity contribution is 5.82. The van der Waals surface area contributed by atoms with Gasteiger partial charge in [0.25, 0.3) is 0 Å². The number of hydrogen-bond acceptors (Lipinski definition) is 4. The van der Waals surface area contributed by atoms with E-state index in [1.54, 1.807) is 7.11 Å². The summed E-state index contributed by atoms with van der Waals surface area (Å²) >= 11 is 0. The van der Waals surface area contributed by atoms with Gasteiger partial charge in [-0.2, -0.15) is 0 Å². The lowest BCUT2D eigenvalue weighted by Gasteiger charge is -2.24. The quantitative estimate of drug-likeness (QED) is 0.725. The number of amides is 1. The number of carbonyl (C=O) groups excluding carboxylic acids is 1. The Hall–Kier alpha value is -1.23. The maximum absolute atomic E-state index is 12.4. The second-order valence-corrected chi connectivity index (χ2v) is 5.56. The molecule has 18 heavy (non-hydrogen) atoms. The number of methoxy groups -OCH3 is 1. The summed E-state index contributed by atoms with van der Waals surface area (Å²) in [6, 6.07) is -0.126. The van der Waals surface area contributed by atoms with E-state index in [-0.39, 0.29) is 17.4 Å². The molecule has 1 fully saturated rings. The summed E-state index contributed by atoms with van der Waals surface area (Å²) in [5.41, 5.74) is 5.63. The Morgan fingerprint density at radius 1 is 1.67 bits per heavy atom. The van der Waals surface area contributed by atoms with Gasteiger partial charge in [-0.05, 0) is 25.3 Å². The van der Waals surface area contributed by atoms with Gasteiger partial charge in [0.2, 0.25) is 5.91 Å². The van der Waals surface area contributed by atoms with Gasteiger partial charge >= 0.3 is 0 Å². The molecule has 5 nitrogen and oxygen atoms in total. The second kappa shape index (κ2) is 6.09. The van der Waals surface area contributed by atoms with Gasteiger partial charge in [0.1, 0.15) is 5.76 Å². The first kappa shape index (κ1) is 14.8. The van der Waals surface area contributed by atoms with Crippen molar-refractivity contribution in [2.75, 3.05) is 27.2 Å². The topological polar surface area (TPSA) is 67.6 Å². The third-order valence-electron chi connectivity index (χ3n) is 3.57. The molecule has 1 heterocycles. The van der Waals surface area contributed by atoms with E-state index >= 15 is 0 Å². The molecule has 0 radical (unpaired) electrons. The Labute approximate surface area is 109 Å². The van der Waals surface area contributed by atoms with Gasteiger partial charge in [-0.3, -0.25) is 4.79 Å². The first-order chi connectivity index (χ1) is 8.43. The third-order valence-corrected chi connectivity index (χ3v) is 3.57. The molecule has 1 aliphatic heterocycles. The Morgan fingerprint density at radius 3 is 2.83 bits per heavy atom. The van der Waals surface area contributed by atoms with Gasteiger partial charge in [-0.1, -0.05) is 13.8 Å². The van der Waals surface area contributed by atoms with E-state index in [2.05, 4.69) is 19.2 Å². The molecule has 1 saturated heterocycles. The molecular formula is C13H25N3O2. The zero-order valence-corrected chi connectivity index (χ0v) is 11.8. The Kier molecular flexibility index (Phi) is 5.02. The zero-order chi connectivity index (χ0) is 13.8. The number of likely N-dealkylation sites (tertiary alicyclic amines) is 1. The summed E-state index contributed by atoms with van der Waals surface area (Å²) in [6.07, 6.45) is 3.25. The van der Waals surface area contributed by atoms with Crippen molar-refractivity contribution in [3.8, 4) is 0 Å². The average Bonchev–Trinajstić information content (AvgIpc) is 2.45. The van der Waals surface area contributed by atoms with Crippen molar-refractivity contribution in [1.29, 1.82) is 0 Å². The smallest absolute Gasteiger partial charge is 0.240 e. The van der Waals surface area contributed by atoms with Crippen LogP contribution >= 0.6 is 0 Å². The van der Waals surface area contributed by atoms with Crippen LogP contribution in [0.4, 0.5) is 0 Å². The first-order valence-corrected chi connectivity index (χ1v) is 6.34. The number of rotatable bonds is 4. The summed E-state index contributed by atoms with van der Waals surface area (Å²) in [6.45, 7) is 5.58. The molecule has 0 aromatic rings. The molecule has 1 atom stereocenters. The van der Waals surface area contributed by atoms with Crippen LogP contribution in [-0.4, -0.2) is 44.1 Å². The summed E-state index contributed by atoms with van der Waals surface area (Å²) in [4.78, 5) is 14.2. The Bertz CT molecular complexity index is 326. The van der Waals surface area contributed by atoms with Crippen LogP contribution in [0.2, 0.25) is 0 Å². The van der Waals surface area contributed by atoms with Gasteiger partial charge in [0, 0.05) is 12.7 Å².